The summed E-state index contributed by atoms with van der Waals surface area (Å²) in [4.78, 5) is 12.1. The number of anilines is 1. The number of hydrogen-bond acceptors (Lipinski definition) is 2. The third-order valence-corrected chi connectivity index (χ3v) is 4.95. The SMILES string of the molecule is Cc1cccc(C)c1NC(=O)CCCSCc1cccc(Cl)c1. The van der Waals surface area contributed by atoms with Crippen LogP contribution in [0.4, 0.5) is 5.69 Å². The Hall–Kier alpha value is -1.45. The van der Waals surface area contributed by atoms with Crippen LogP contribution in [0.15, 0.2) is 42.5 Å². The first-order chi connectivity index (χ1) is 11.1. The van der Waals surface area contributed by atoms with E-state index >= 15 is 0 Å². The number of para-hydroxylation sites is 1. The van der Waals surface area contributed by atoms with Crippen molar-refractivity contribution in [2.24, 2.45) is 0 Å². The fraction of sp³-hybridized carbons (Fsp3) is 0.316. The van der Waals surface area contributed by atoms with Gasteiger partial charge < -0.3 is 5.32 Å². The molecule has 0 fully saturated rings. The van der Waals surface area contributed by atoms with Crippen molar-refractivity contribution in [3.05, 3.63) is 64.2 Å². The van der Waals surface area contributed by atoms with Gasteiger partial charge in [0.1, 0.15) is 0 Å². The van der Waals surface area contributed by atoms with Gasteiger partial charge in [0.15, 0.2) is 0 Å². The molecule has 2 aromatic rings. The Kier molecular flexibility index (Phi) is 7.00. The van der Waals surface area contributed by atoms with Crippen molar-refractivity contribution in [3.8, 4) is 0 Å². The number of aryl methyl sites for hydroxylation is 2. The Bertz CT molecular complexity index is 652. The number of rotatable bonds is 7. The summed E-state index contributed by atoms with van der Waals surface area (Å²) in [5, 5.41) is 3.80. The average molecular weight is 348 g/mol. The van der Waals surface area contributed by atoms with E-state index in [0.717, 1.165) is 39.8 Å². The van der Waals surface area contributed by atoms with Gasteiger partial charge in [0.05, 0.1) is 0 Å². The number of nitrogens with one attached hydrogen (secondary N) is 1. The topological polar surface area (TPSA) is 29.1 Å². The normalized spacial score (nSPS) is 10.6. The van der Waals surface area contributed by atoms with Gasteiger partial charge in [-0.25, -0.2) is 0 Å². The van der Waals surface area contributed by atoms with Gasteiger partial charge in [-0.3, -0.25) is 4.79 Å². The predicted octanol–water partition coefficient (Wildman–Crippen LogP) is 5.61. The fourth-order valence-corrected chi connectivity index (χ4v) is 3.49. The van der Waals surface area contributed by atoms with Crippen LogP contribution in [0.2, 0.25) is 5.02 Å². The second-order valence-corrected chi connectivity index (χ2v) is 7.14. The Morgan fingerprint density at radius 2 is 1.83 bits per heavy atom. The highest BCUT2D eigenvalue weighted by atomic mass is 35.5. The zero-order valence-corrected chi connectivity index (χ0v) is 15.1. The van der Waals surface area contributed by atoms with Gasteiger partial charge in [0.25, 0.3) is 0 Å². The lowest BCUT2D eigenvalue weighted by Gasteiger charge is -2.11. The third kappa shape index (κ3) is 5.92. The van der Waals surface area contributed by atoms with Crippen molar-refractivity contribution in [3.63, 3.8) is 0 Å². The van der Waals surface area contributed by atoms with E-state index in [9.17, 15) is 4.79 Å². The van der Waals surface area contributed by atoms with Crippen molar-refractivity contribution in [2.45, 2.75) is 32.4 Å². The van der Waals surface area contributed by atoms with E-state index in [1.54, 1.807) is 0 Å². The minimum atomic E-state index is 0.0887. The minimum absolute atomic E-state index is 0.0887. The van der Waals surface area contributed by atoms with E-state index in [-0.39, 0.29) is 5.91 Å². The number of amides is 1. The molecule has 2 rings (SSSR count). The molecular weight excluding hydrogens is 326 g/mol. The Labute approximate surface area is 147 Å². The van der Waals surface area contributed by atoms with Gasteiger partial charge in [-0.2, -0.15) is 11.8 Å². The van der Waals surface area contributed by atoms with Crippen LogP contribution >= 0.6 is 23.4 Å². The zero-order chi connectivity index (χ0) is 16.7. The van der Waals surface area contributed by atoms with Crippen LogP contribution in [0.1, 0.15) is 29.5 Å². The molecule has 2 nitrogen and oxygen atoms in total. The first-order valence-corrected chi connectivity index (χ1v) is 9.28. The Morgan fingerprint density at radius 3 is 2.52 bits per heavy atom. The van der Waals surface area contributed by atoms with Crippen LogP contribution in [0.5, 0.6) is 0 Å². The molecule has 0 spiro atoms. The summed E-state index contributed by atoms with van der Waals surface area (Å²) in [6, 6.07) is 14.0. The summed E-state index contributed by atoms with van der Waals surface area (Å²) in [6.45, 7) is 4.03. The fourth-order valence-electron chi connectivity index (χ4n) is 2.37. The second kappa shape index (κ2) is 8.99. The quantitative estimate of drug-likeness (QED) is 0.659. The molecule has 0 aromatic heterocycles. The van der Waals surface area contributed by atoms with E-state index in [1.807, 2.05) is 62.0 Å². The average Bonchev–Trinajstić information content (AvgIpc) is 2.51. The van der Waals surface area contributed by atoms with Gasteiger partial charge >= 0.3 is 0 Å². The predicted molar refractivity (Wildman–Crippen MR) is 101 cm³/mol. The second-order valence-electron chi connectivity index (χ2n) is 5.60. The van der Waals surface area contributed by atoms with Crippen molar-refractivity contribution < 1.29 is 4.79 Å². The molecule has 0 saturated heterocycles. The number of thioether (sulfide) groups is 1. The number of benzene rings is 2. The first kappa shape index (κ1) is 17.9. The molecule has 0 saturated carbocycles. The molecule has 23 heavy (non-hydrogen) atoms. The number of carbonyl (C=O) groups excluding carboxylic acids is 1. The largest absolute Gasteiger partial charge is 0.326 e. The smallest absolute Gasteiger partial charge is 0.224 e. The van der Waals surface area contributed by atoms with E-state index in [2.05, 4.69) is 11.4 Å². The molecule has 0 aliphatic rings. The summed E-state index contributed by atoms with van der Waals surface area (Å²) < 4.78 is 0. The van der Waals surface area contributed by atoms with Crippen LogP contribution in [0, 0.1) is 13.8 Å². The highest BCUT2D eigenvalue weighted by Gasteiger charge is 2.07. The maximum atomic E-state index is 12.1. The Morgan fingerprint density at radius 1 is 1.13 bits per heavy atom. The molecule has 122 valence electrons. The number of hydrogen-bond donors (Lipinski definition) is 1. The first-order valence-electron chi connectivity index (χ1n) is 7.74. The standard InChI is InChI=1S/C19H22ClNOS/c1-14-6-3-7-15(2)19(14)21-18(22)10-5-11-23-13-16-8-4-9-17(20)12-16/h3-4,6-9,12H,5,10-11,13H2,1-2H3,(H,21,22). The molecule has 0 radical (unpaired) electrons. The van der Waals surface area contributed by atoms with E-state index in [0.29, 0.717) is 6.42 Å². The van der Waals surface area contributed by atoms with E-state index in [4.69, 9.17) is 11.6 Å². The Balaban J connectivity index is 1.69. The van der Waals surface area contributed by atoms with Crippen LogP contribution in [-0.2, 0) is 10.5 Å². The molecule has 4 heteroatoms. The van der Waals surface area contributed by atoms with Gasteiger partial charge in [-0.1, -0.05) is 41.9 Å². The maximum Gasteiger partial charge on any atom is 0.224 e. The summed E-state index contributed by atoms with van der Waals surface area (Å²) in [7, 11) is 0. The van der Waals surface area contributed by atoms with Gasteiger partial charge in [-0.05, 0) is 54.8 Å². The van der Waals surface area contributed by atoms with E-state index < -0.39 is 0 Å². The molecule has 0 heterocycles. The summed E-state index contributed by atoms with van der Waals surface area (Å²) in [5.41, 5.74) is 4.38. The van der Waals surface area contributed by atoms with Crippen molar-refractivity contribution >= 4 is 35.0 Å². The van der Waals surface area contributed by atoms with Gasteiger partial charge in [-0.15, -0.1) is 0 Å². The highest BCUT2D eigenvalue weighted by Crippen LogP contribution is 2.20. The molecule has 0 aliphatic heterocycles. The molecule has 0 atom stereocenters. The van der Waals surface area contributed by atoms with Crippen molar-refractivity contribution in [2.75, 3.05) is 11.1 Å². The zero-order valence-electron chi connectivity index (χ0n) is 13.6. The molecule has 2 aromatic carbocycles. The summed E-state index contributed by atoms with van der Waals surface area (Å²) >= 11 is 7.80. The van der Waals surface area contributed by atoms with Crippen LogP contribution in [0.3, 0.4) is 0 Å². The number of halogens is 1. The molecule has 0 unspecified atom stereocenters. The lowest BCUT2D eigenvalue weighted by molar-refractivity contribution is -0.116. The molecule has 1 N–H and O–H groups in total. The van der Waals surface area contributed by atoms with E-state index in [1.165, 1.54) is 5.56 Å². The van der Waals surface area contributed by atoms with Crippen molar-refractivity contribution in [1.82, 2.24) is 0 Å². The summed E-state index contributed by atoms with van der Waals surface area (Å²) in [5.74, 6) is 1.98. The van der Waals surface area contributed by atoms with Crippen LogP contribution in [0.25, 0.3) is 0 Å². The molecule has 0 aliphatic carbocycles. The third-order valence-electron chi connectivity index (χ3n) is 3.60. The lowest BCUT2D eigenvalue weighted by atomic mass is 10.1. The van der Waals surface area contributed by atoms with Gasteiger partial charge in [0, 0.05) is 22.9 Å². The van der Waals surface area contributed by atoms with Crippen molar-refractivity contribution in [1.29, 1.82) is 0 Å². The highest BCUT2D eigenvalue weighted by molar-refractivity contribution is 7.98. The number of carbonyl (C=O) groups is 1. The van der Waals surface area contributed by atoms with Gasteiger partial charge in [0.2, 0.25) is 5.91 Å². The molecule has 1 amide bonds. The molecular formula is C19H22ClNOS. The minimum Gasteiger partial charge on any atom is -0.326 e. The van der Waals surface area contributed by atoms with Crippen LogP contribution in [-0.4, -0.2) is 11.7 Å². The lowest BCUT2D eigenvalue weighted by Crippen LogP contribution is -2.13. The summed E-state index contributed by atoms with van der Waals surface area (Å²) in [6.07, 6.45) is 1.43. The maximum absolute atomic E-state index is 12.1. The van der Waals surface area contributed by atoms with Crippen LogP contribution < -0.4 is 5.32 Å². The monoisotopic (exact) mass is 347 g/mol. The molecule has 0 bridgehead atoms.